The molecule has 0 aromatic carbocycles. The van der Waals surface area contributed by atoms with Crippen LogP contribution in [0.2, 0.25) is 0 Å². The van der Waals surface area contributed by atoms with Crippen molar-refractivity contribution in [1.82, 2.24) is 0 Å². The largest absolute Gasteiger partial charge is 0.472 e. The molecular formula is C74H144O17P2. The van der Waals surface area contributed by atoms with Crippen LogP contribution < -0.4 is 0 Å². The number of hydrogen-bond acceptors (Lipinski definition) is 15. The third-order valence-corrected chi connectivity index (χ3v) is 19.3. The Morgan fingerprint density at radius 1 is 0.258 bits per heavy atom. The van der Waals surface area contributed by atoms with Crippen molar-refractivity contribution < 1.29 is 80.2 Å². The summed E-state index contributed by atoms with van der Waals surface area (Å²) in [5.41, 5.74) is 0. The Kier molecular flexibility index (Phi) is 67.1. The van der Waals surface area contributed by atoms with Gasteiger partial charge in [0.15, 0.2) is 12.2 Å². The van der Waals surface area contributed by atoms with Gasteiger partial charge in [-0.05, 0) is 25.7 Å². The van der Waals surface area contributed by atoms with Crippen LogP contribution in [-0.4, -0.2) is 96.7 Å². The number of phosphoric ester groups is 2. The van der Waals surface area contributed by atoms with Crippen LogP contribution in [0.25, 0.3) is 0 Å². The second-order valence-corrected chi connectivity index (χ2v) is 29.6. The van der Waals surface area contributed by atoms with Gasteiger partial charge in [-0.25, -0.2) is 9.13 Å². The predicted molar refractivity (Wildman–Crippen MR) is 377 cm³/mol. The molecule has 0 aromatic heterocycles. The van der Waals surface area contributed by atoms with Gasteiger partial charge in [-0.15, -0.1) is 0 Å². The molecule has 0 rings (SSSR count). The fourth-order valence-corrected chi connectivity index (χ4v) is 13.0. The molecule has 2 unspecified atom stereocenters. The summed E-state index contributed by atoms with van der Waals surface area (Å²) in [6.07, 6.45) is 58.3. The Balaban J connectivity index is 5.19. The van der Waals surface area contributed by atoms with Gasteiger partial charge >= 0.3 is 39.5 Å². The summed E-state index contributed by atoms with van der Waals surface area (Å²) in [4.78, 5) is 72.6. The molecule has 93 heavy (non-hydrogen) atoms. The number of aliphatic hydroxyl groups is 1. The van der Waals surface area contributed by atoms with Crippen molar-refractivity contribution in [1.29, 1.82) is 0 Å². The number of esters is 4. The summed E-state index contributed by atoms with van der Waals surface area (Å²) >= 11 is 0. The monoisotopic (exact) mass is 1370 g/mol. The maximum Gasteiger partial charge on any atom is 0.472 e. The van der Waals surface area contributed by atoms with Crippen molar-refractivity contribution in [3.63, 3.8) is 0 Å². The molecule has 0 aromatic rings. The molecule has 0 aliphatic carbocycles. The van der Waals surface area contributed by atoms with Gasteiger partial charge in [0.1, 0.15) is 19.3 Å². The minimum atomic E-state index is -4.95. The van der Waals surface area contributed by atoms with E-state index in [9.17, 15) is 43.2 Å². The zero-order valence-corrected chi connectivity index (χ0v) is 62.0. The number of carbonyl (C=O) groups is 4. The first-order valence-corrected chi connectivity index (χ1v) is 41.8. The van der Waals surface area contributed by atoms with Crippen molar-refractivity contribution in [3.8, 4) is 0 Å². The van der Waals surface area contributed by atoms with Crippen LogP contribution >= 0.6 is 15.6 Å². The Morgan fingerprint density at radius 2 is 0.430 bits per heavy atom. The molecule has 0 saturated carbocycles. The average Bonchev–Trinajstić information content (AvgIpc) is 3.36. The SMILES string of the molecule is CCCCCCCCCCCCCCCCCCCCCC(=O)O[C@H](COC(=O)CCCCCCCCCCCCCCCCC)COP(=O)(O)OC[C@@H](O)COP(=O)(O)OC[C@@H](COC(=O)CCCCCCCCCCC)OC(=O)CCCCCCCCCCCC. The standard InChI is InChI=1S/C74H144O17P2/c1-5-9-13-17-21-25-28-30-32-33-34-35-37-39-41-45-49-53-57-61-74(79)91-70(65-85-72(77)59-55-51-47-44-40-38-36-31-29-26-22-18-14-10-6-2)67-89-93(82,83)87-63-68(75)62-86-92(80,81)88-66-69(64-84-71(76)58-54-50-46-42-24-20-16-12-8-4)90-73(78)60-56-52-48-43-27-23-19-15-11-7-3/h68-70,75H,5-67H2,1-4H3,(H,80,81)(H,82,83)/t68-,69+,70+/m0/s1. The molecule has 0 amide bonds. The van der Waals surface area contributed by atoms with Gasteiger partial charge in [0.05, 0.1) is 26.4 Å². The number of carbonyl (C=O) groups excluding carboxylic acids is 4. The van der Waals surface area contributed by atoms with Gasteiger partial charge < -0.3 is 33.8 Å². The van der Waals surface area contributed by atoms with Gasteiger partial charge in [0.25, 0.3) is 0 Å². The average molecular weight is 1370 g/mol. The van der Waals surface area contributed by atoms with Gasteiger partial charge in [-0.2, -0.15) is 0 Å². The van der Waals surface area contributed by atoms with Crippen LogP contribution in [0, 0.1) is 0 Å². The molecule has 5 atom stereocenters. The lowest BCUT2D eigenvalue weighted by Gasteiger charge is -2.21. The second-order valence-electron chi connectivity index (χ2n) is 26.7. The molecule has 552 valence electrons. The van der Waals surface area contributed by atoms with Crippen LogP contribution in [0.3, 0.4) is 0 Å². The van der Waals surface area contributed by atoms with Crippen LogP contribution in [-0.2, 0) is 65.4 Å². The molecule has 19 heteroatoms. The maximum absolute atomic E-state index is 13.1. The highest BCUT2D eigenvalue weighted by Gasteiger charge is 2.30. The highest BCUT2D eigenvalue weighted by molar-refractivity contribution is 7.47. The zero-order chi connectivity index (χ0) is 68.2. The third-order valence-electron chi connectivity index (χ3n) is 17.4. The highest BCUT2D eigenvalue weighted by atomic mass is 31.2. The first-order valence-electron chi connectivity index (χ1n) is 38.8. The quantitative estimate of drug-likeness (QED) is 0.0222. The molecule has 0 saturated heterocycles. The van der Waals surface area contributed by atoms with Crippen LogP contribution in [0.1, 0.15) is 394 Å². The molecule has 17 nitrogen and oxygen atoms in total. The van der Waals surface area contributed by atoms with Crippen LogP contribution in [0.5, 0.6) is 0 Å². The van der Waals surface area contributed by atoms with E-state index in [1.807, 2.05) is 0 Å². The molecule has 0 fully saturated rings. The van der Waals surface area contributed by atoms with E-state index >= 15 is 0 Å². The van der Waals surface area contributed by atoms with Gasteiger partial charge in [-0.3, -0.25) is 37.3 Å². The minimum absolute atomic E-state index is 0.107. The first-order chi connectivity index (χ1) is 45.2. The molecule has 0 heterocycles. The van der Waals surface area contributed by atoms with Crippen molar-refractivity contribution in [2.24, 2.45) is 0 Å². The molecule has 0 bridgehead atoms. The summed E-state index contributed by atoms with van der Waals surface area (Å²) in [6.45, 7) is 4.95. The van der Waals surface area contributed by atoms with E-state index < -0.39 is 97.5 Å². The van der Waals surface area contributed by atoms with E-state index in [-0.39, 0.29) is 25.7 Å². The van der Waals surface area contributed by atoms with Gasteiger partial charge in [-0.1, -0.05) is 342 Å². The summed E-state index contributed by atoms with van der Waals surface area (Å²) in [5.74, 6) is -2.12. The van der Waals surface area contributed by atoms with Crippen molar-refractivity contribution in [2.75, 3.05) is 39.6 Å². The number of phosphoric acid groups is 2. The number of hydrogen-bond donors (Lipinski definition) is 3. The lowest BCUT2D eigenvalue weighted by atomic mass is 10.0. The molecule has 0 radical (unpaired) electrons. The smallest absolute Gasteiger partial charge is 0.462 e. The lowest BCUT2D eigenvalue weighted by molar-refractivity contribution is -0.161. The predicted octanol–water partition coefficient (Wildman–Crippen LogP) is 21.8. The van der Waals surface area contributed by atoms with Gasteiger partial charge in [0.2, 0.25) is 0 Å². The number of aliphatic hydroxyl groups excluding tert-OH is 1. The van der Waals surface area contributed by atoms with E-state index in [1.54, 1.807) is 0 Å². The van der Waals surface area contributed by atoms with E-state index in [0.717, 1.165) is 89.9 Å². The van der Waals surface area contributed by atoms with Crippen LogP contribution in [0.4, 0.5) is 0 Å². The van der Waals surface area contributed by atoms with Crippen LogP contribution in [0.15, 0.2) is 0 Å². The number of ether oxygens (including phenoxy) is 4. The highest BCUT2D eigenvalue weighted by Crippen LogP contribution is 2.45. The summed E-state index contributed by atoms with van der Waals surface area (Å²) in [7, 11) is -9.90. The Bertz CT molecular complexity index is 1770. The Morgan fingerprint density at radius 3 is 0.634 bits per heavy atom. The van der Waals surface area contributed by atoms with Crippen molar-refractivity contribution >= 4 is 39.5 Å². The molecule has 0 aliphatic heterocycles. The maximum atomic E-state index is 13.1. The van der Waals surface area contributed by atoms with E-state index in [1.165, 1.54) is 225 Å². The topological polar surface area (TPSA) is 237 Å². The fraction of sp³-hybridized carbons (Fsp3) is 0.946. The fourth-order valence-electron chi connectivity index (χ4n) is 11.4. The molecule has 0 spiro atoms. The molecule has 0 aliphatic rings. The number of unbranched alkanes of at least 4 members (excludes halogenated alkanes) is 49. The van der Waals surface area contributed by atoms with Crippen molar-refractivity contribution in [3.05, 3.63) is 0 Å². The lowest BCUT2D eigenvalue weighted by Crippen LogP contribution is -2.30. The summed E-state index contributed by atoms with van der Waals surface area (Å²) < 4.78 is 68.4. The Labute approximate surface area is 568 Å². The minimum Gasteiger partial charge on any atom is -0.462 e. The summed E-state index contributed by atoms with van der Waals surface area (Å²) in [5, 5.41) is 10.6. The van der Waals surface area contributed by atoms with E-state index in [0.29, 0.717) is 25.7 Å². The zero-order valence-electron chi connectivity index (χ0n) is 60.2. The summed E-state index contributed by atoms with van der Waals surface area (Å²) in [6, 6.07) is 0. The second kappa shape index (κ2) is 68.6. The van der Waals surface area contributed by atoms with E-state index in [2.05, 4.69) is 27.7 Å². The Hall–Kier alpha value is -1.94. The third kappa shape index (κ3) is 68.4. The number of rotatable bonds is 75. The first kappa shape index (κ1) is 91.1. The normalized spacial score (nSPS) is 13.9. The van der Waals surface area contributed by atoms with Gasteiger partial charge in [0, 0.05) is 25.7 Å². The van der Waals surface area contributed by atoms with Crippen molar-refractivity contribution in [2.45, 2.75) is 412 Å². The molecule has 3 N–H and O–H groups in total. The molecular weight excluding hydrogens is 1220 g/mol. The van der Waals surface area contributed by atoms with E-state index in [4.69, 9.17) is 37.0 Å².